The van der Waals surface area contributed by atoms with Crippen LogP contribution in [0.25, 0.3) is 0 Å². The van der Waals surface area contributed by atoms with Crippen LogP contribution >= 0.6 is 22.6 Å². The van der Waals surface area contributed by atoms with Crippen LogP contribution in [0.3, 0.4) is 0 Å². The van der Waals surface area contributed by atoms with Gasteiger partial charge in [0.2, 0.25) is 11.8 Å². The highest BCUT2D eigenvalue weighted by molar-refractivity contribution is 14.1. The van der Waals surface area contributed by atoms with E-state index in [2.05, 4.69) is 27.9 Å². The van der Waals surface area contributed by atoms with Gasteiger partial charge in [0, 0.05) is 23.1 Å². The molecule has 0 spiro atoms. The molecule has 194 valence electrons. The Hall–Kier alpha value is -1.84. The molecule has 4 heterocycles. The number of likely N-dealkylation sites (tertiary alicyclic amines) is 1. The van der Waals surface area contributed by atoms with Crippen molar-refractivity contribution >= 4 is 40.4 Å². The molecule has 1 aromatic carbocycles. The molecule has 4 aliphatic heterocycles. The number of hydrogen-bond acceptors (Lipinski definition) is 9. The number of hydrogen-bond donors (Lipinski definition) is 2. The van der Waals surface area contributed by atoms with E-state index < -0.39 is 47.9 Å². The summed E-state index contributed by atoms with van der Waals surface area (Å²) < 4.78 is 18.5. The zero-order chi connectivity index (χ0) is 25.0. The molecular weight excluding hydrogens is 585 g/mol. The zero-order valence-electron chi connectivity index (χ0n) is 19.5. The van der Waals surface area contributed by atoms with E-state index in [0.29, 0.717) is 19.4 Å². The molecule has 0 radical (unpaired) electrons. The van der Waals surface area contributed by atoms with E-state index in [1.807, 2.05) is 24.3 Å². The Morgan fingerprint density at radius 2 is 1.97 bits per heavy atom. The minimum absolute atomic E-state index is 0.0329. The number of fused-ring (bicyclic) bond motifs is 4. The Balaban J connectivity index is 1.37. The van der Waals surface area contributed by atoms with Crippen LogP contribution in [0.15, 0.2) is 24.3 Å². The van der Waals surface area contributed by atoms with E-state index in [0.717, 1.165) is 9.13 Å². The Morgan fingerprint density at radius 3 is 2.75 bits per heavy atom. The lowest BCUT2D eigenvalue weighted by atomic mass is 9.62. The van der Waals surface area contributed by atoms with Crippen LogP contribution in [-0.4, -0.2) is 95.8 Å². The van der Waals surface area contributed by atoms with Crippen LogP contribution < -0.4 is 5.32 Å². The van der Waals surface area contributed by atoms with Crippen molar-refractivity contribution in [2.24, 2.45) is 5.41 Å². The van der Waals surface area contributed by atoms with E-state index >= 15 is 0 Å². The second-order valence-corrected chi connectivity index (χ2v) is 11.1. The van der Waals surface area contributed by atoms with Gasteiger partial charge in [-0.2, -0.15) is 5.06 Å². The van der Waals surface area contributed by atoms with Crippen LogP contribution in [-0.2, 0) is 40.0 Å². The highest BCUT2D eigenvalue weighted by Gasteiger charge is 2.75. The Kier molecular flexibility index (Phi) is 6.45. The van der Waals surface area contributed by atoms with Gasteiger partial charge in [0.25, 0.3) is 0 Å². The lowest BCUT2D eigenvalue weighted by Gasteiger charge is -2.50. The van der Waals surface area contributed by atoms with Gasteiger partial charge in [-0.15, -0.1) is 0 Å². The highest BCUT2D eigenvalue weighted by atomic mass is 127. The Bertz CT molecular complexity index is 1060. The first-order valence-electron chi connectivity index (χ1n) is 12.3. The predicted octanol–water partition coefficient (Wildman–Crippen LogP) is -0.0679. The number of benzene rings is 1. The number of ether oxygens (including phenoxy) is 3. The van der Waals surface area contributed by atoms with Crippen molar-refractivity contribution in [2.45, 2.75) is 62.3 Å². The molecule has 12 heteroatoms. The number of aliphatic hydroxyl groups is 1. The van der Waals surface area contributed by atoms with Crippen LogP contribution in [0.5, 0.6) is 0 Å². The largest absolute Gasteiger partial charge is 0.458 e. The van der Waals surface area contributed by atoms with Crippen molar-refractivity contribution < 1.29 is 38.5 Å². The molecule has 36 heavy (non-hydrogen) atoms. The first-order valence-corrected chi connectivity index (χ1v) is 13.3. The van der Waals surface area contributed by atoms with Crippen molar-refractivity contribution in [3.05, 3.63) is 33.4 Å². The van der Waals surface area contributed by atoms with Gasteiger partial charge in [0.1, 0.15) is 42.7 Å². The Morgan fingerprint density at radius 1 is 1.19 bits per heavy atom. The fourth-order valence-electron chi connectivity index (χ4n) is 6.43. The lowest BCUT2D eigenvalue weighted by Crippen LogP contribution is -2.70. The third-order valence-electron chi connectivity index (χ3n) is 7.95. The number of nitrogens with zero attached hydrogens (tertiary/aromatic N) is 2. The summed E-state index contributed by atoms with van der Waals surface area (Å²) in [5.41, 5.74) is -0.341. The predicted molar refractivity (Wildman–Crippen MR) is 130 cm³/mol. The quantitative estimate of drug-likeness (QED) is 0.335. The molecule has 1 aromatic rings. The number of esters is 1. The third kappa shape index (κ3) is 3.76. The Labute approximate surface area is 221 Å². The maximum atomic E-state index is 14.4. The van der Waals surface area contributed by atoms with E-state index in [1.54, 1.807) is 9.96 Å². The summed E-state index contributed by atoms with van der Waals surface area (Å²) in [6.45, 7) is 0.649. The van der Waals surface area contributed by atoms with Crippen molar-refractivity contribution in [1.82, 2.24) is 15.3 Å². The summed E-state index contributed by atoms with van der Waals surface area (Å²) >= 11 is 2.23. The zero-order valence-corrected chi connectivity index (χ0v) is 21.7. The summed E-state index contributed by atoms with van der Waals surface area (Å²) in [6, 6.07) is 6.21. The molecule has 5 aliphatic rings. The molecule has 1 aliphatic carbocycles. The van der Waals surface area contributed by atoms with Crippen molar-refractivity contribution in [1.29, 1.82) is 0 Å². The number of nitrogens with one attached hydrogen (secondary N) is 1. The number of rotatable bonds is 6. The van der Waals surface area contributed by atoms with E-state index in [-0.39, 0.29) is 44.7 Å². The SMILES string of the molecule is O=C(NCCO)[C@H]1CCCN1C(=O)[C@@]12C[C@H]3OC(=O)[C@@H]1N(Cc1ccc(I)cc1)O[C@@H]2[C@H]1OCO[C@H]13. The monoisotopic (exact) mass is 613 g/mol. The molecule has 0 aromatic heterocycles. The molecule has 2 bridgehead atoms. The summed E-state index contributed by atoms with van der Waals surface area (Å²) in [4.78, 5) is 48.7. The second-order valence-electron chi connectivity index (χ2n) is 9.90. The second kappa shape index (κ2) is 9.48. The lowest BCUT2D eigenvalue weighted by molar-refractivity contribution is -0.204. The standard InChI is InChI=1S/C24H28IN3O8/c25-14-5-3-13(4-6-14)11-28-19-22(31)35-16-10-24(19,20(36-28)18-17(16)33-12-34-18)23(32)27-8-1-2-15(27)21(30)26-7-9-29/h3-6,15-20,29H,1-2,7-12H2,(H,26,30)/t15-,16-,17+,18+,19+,20-,24+/m1/s1. The smallest absolute Gasteiger partial charge is 0.327 e. The number of carbonyl (C=O) groups is 3. The average Bonchev–Trinajstić information content (AvgIpc) is 3.61. The minimum Gasteiger partial charge on any atom is -0.458 e. The number of carbonyl (C=O) groups excluding carboxylic acids is 3. The van der Waals surface area contributed by atoms with Gasteiger partial charge in [-0.25, -0.2) is 0 Å². The van der Waals surface area contributed by atoms with E-state index in [9.17, 15) is 14.4 Å². The van der Waals surface area contributed by atoms with Gasteiger partial charge < -0.3 is 29.5 Å². The number of halogens is 1. The molecule has 4 saturated heterocycles. The van der Waals surface area contributed by atoms with Crippen LogP contribution in [0.2, 0.25) is 0 Å². The minimum atomic E-state index is -1.27. The van der Waals surface area contributed by atoms with Gasteiger partial charge >= 0.3 is 5.97 Å². The van der Waals surface area contributed by atoms with Crippen molar-refractivity contribution in [2.75, 3.05) is 26.5 Å². The maximum Gasteiger partial charge on any atom is 0.327 e. The van der Waals surface area contributed by atoms with Crippen LogP contribution in [0, 0.1) is 8.99 Å². The normalized spacial score (nSPS) is 37.1. The number of amides is 2. The van der Waals surface area contributed by atoms with Gasteiger partial charge in [-0.3, -0.25) is 19.2 Å². The maximum absolute atomic E-state index is 14.4. The molecule has 5 fully saturated rings. The summed E-state index contributed by atoms with van der Waals surface area (Å²) in [5, 5.41) is 13.4. The fourth-order valence-corrected chi connectivity index (χ4v) is 6.79. The first kappa shape index (κ1) is 24.5. The number of hydroxylamine groups is 2. The molecule has 2 amide bonds. The van der Waals surface area contributed by atoms with Crippen LogP contribution in [0.1, 0.15) is 24.8 Å². The number of aliphatic hydroxyl groups excluding tert-OH is 1. The van der Waals surface area contributed by atoms with Crippen molar-refractivity contribution in [3.8, 4) is 0 Å². The molecule has 6 rings (SSSR count). The first-order chi connectivity index (χ1) is 17.4. The third-order valence-corrected chi connectivity index (χ3v) is 8.67. The van der Waals surface area contributed by atoms with Crippen molar-refractivity contribution in [3.63, 3.8) is 0 Å². The van der Waals surface area contributed by atoms with E-state index in [4.69, 9.17) is 24.2 Å². The molecule has 2 N–H and O–H groups in total. The molecule has 7 atom stereocenters. The fraction of sp³-hybridized carbons (Fsp3) is 0.625. The summed E-state index contributed by atoms with van der Waals surface area (Å²) in [5.74, 6) is -1.12. The van der Waals surface area contributed by atoms with Gasteiger partial charge in [0.05, 0.1) is 13.2 Å². The van der Waals surface area contributed by atoms with E-state index in [1.165, 1.54) is 0 Å². The van der Waals surface area contributed by atoms with Gasteiger partial charge in [-0.1, -0.05) is 12.1 Å². The van der Waals surface area contributed by atoms with Gasteiger partial charge in [-0.05, 0) is 53.1 Å². The highest BCUT2D eigenvalue weighted by Crippen LogP contribution is 2.56. The van der Waals surface area contributed by atoms with Gasteiger partial charge in [0.15, 0.2) is 6.04 Å². The topological polar surface area (TPSA) is 127 Å². The molecule has 0 unspecified atom stereocenters. The average molecular weight is 613 g/mol. The molecular formula is C24H28IN3O8. The molecule has 11 nitrogen and oxygen atoms in total. The summed E-state index contributed by atoms with van der Waals surface area (Å²) in [7, 11) is 0. The summed E-state index contributed by atoms with van der Waals surface area (Å²) in [6.07, 6.45) is -1.05. The molecule has 1 saturated carbocycles. The van der Waals surface area contributed by atoms with Crippen LogP contribution in [0.4, 0.5) is 0 Å².